The predicted octanol–water partition coefficient (Wildman–Crippen LogP) is 5.01. The standard InChI is InChI=1S/C27H23BF4N2O/c28-25-14-23(29)5-6-24(25)26(7-9-34-10-8-26)17-35-16-19-11-21(13-22(12-19)27(30,31)32)20-3-1-18(15-33)2-4-20/h1-6,11-14,34H,7-10,16-17H2. The highest BCUT2D eigenvalue weighted by molar-refractivity contribution is 6.33. The van der Waals surface area contributed by atoms with Crippen molar-refractivity contribution in [2.75, 3.05) is 19.7 Å². The van der Waals surface area contributed by atoms with E-state index in [1.165, 1.54) is 12.1 Å². The molecular weight excluding hydrogens is 455 g/mol. The molecule has 3 aromatic rings. The second kappa shape index (κ2) is 10.2. The van der Waals surface area contributed by atoms with Crippen LogP contribution in [0.5, 0.6) is 0 Å². The summed E-state index contributed by atoms with van der Waals surface area (Å²) < 4.78 is 60.5. The minimum atomic E-state index is -4.52. The fourth-order valence-electron chi connectivity index (χ4n) is 4.62. The summed E-state index contributed by atoms with van der Waals surface area (Å²) in [4.78, 5) is 0. The first-order chi connectivity index (χ1) is 16.7. The van der Waals surface area contributed by atoms with Crippen molar-refractivity contribution in [3.8, 4) is 17.2 Å². The molecular formula is C27H23BF4N2O. The average Bonchev–Trinajstić information content (AvgIpc) is 2.84. The van der Waals surface area contributed by atoms with Crippen molar-refractivity contribution in [1.82, 2.24) is 5.32 Å². The summed E-state index contributed by atoms with van der Waals surface area (Å²) in [6.07, 6.45) is -3.10. The maximum Gasteiger partial charge on any atom is 0.416 e. The van der Waals surface area contributed by atoms with Gasteiger partial charge in [0.2, 0.25) is 0 Å². The lowest BCUT2D eigenvalue weighted by Crippen LogP contribution is -2.45. The second-order valence-corrected chi connectivity index (χ2v) is 8.86. The number of piperidine rings is 1. The SMILES string of the molecule is [B]c1cc(F)ccc1C1(COCc2cc(-c3ccc(C#N)cc3)cc(C(F)(F)F)c2)CCNCC1. The molecule has 1 aliphatic heterocycles. The van der Waals surface area contributed by atoms with E-state index in [1.807, 2.05) is 6.07 Å². The van der Waals surface area contributed by atoms with E-state index < -0.39 is 23.0 Å². The number of ether oxygens (including phenoxy) is 1. The molecule has 1 heterocycles. The number of nitrogens with zero attached hydrogens (tertiary/aromatic N) is 1. The third-order valence-corrected chi connectivity index (χ3v) is 6.46. The van der Waals surface area contributed by atoms with Gasteiger partial charge in [-0.3, -0.25) is 0 Å². The summed E-state index contributed by atoms with van der Waals surface area (Å²) in [6, 6.07) is 16.6. The third-order valence-electron chi connectivity index (χ3n) is 6.46. The first-order valence-electron chi connectivity index (χ1n) is 11.3. The highest BCUT2D eigenvalue weighted by Crippen LogP contribution is 2.35. The van der Waals surface area contributed by atoms with Gasteiger partial charge in [0.15, 0.2) is 0 Å². The van der Waals surface area contributed by atoms with Crippen LogP contribution in [-0.4, -0.2) is 27.5 Å². The van der Waals surface area contributed by atoms with E-state index in [9.17, 15) is 17.6 Å². The molecule has 178 valence electrons. The number of hydrogen-bond acceptors (Lipinski definition) is 3. The highest BCUT2D eigenvalue weighted by atomic mass is 19.4. The zero-order valence-corrected chi connectivity index (χ0v) is 19.0. The van der Waals surface area contributed by atoms with Crippen LogP contribution in [0.15, 0.2) is 60.7 Å². The summed E-state index contributed by atoms with van der Waals surface area (Å²) >= 11 is 0. The number of rotatable bonds is 6. The molecule has 3 aromatic carbocycles. The van der Waals surface area contributed by atoms with Gasteiger partial charge in [0.25, 0.3) is 0 Å². The molecule has 35 heavy (non-hydrogen) atoms. The lowest BCUT2D eigenvalue weighted by molar-refractivity contribution is -0.137. The van der Waals surface area contributed by atoms with E-state index in [4.69, 9.17) is 17.8 Å². The summed E-state index contributed by atoms with van der Waals surface area (Å²) in [6.45, 7) is 1.68. The van der Waals surface area contributed by atoms with Gasteiger partial charge in [-0.2, -0.15) is 18.4 Å². The van der Waals surface area contributed by atoms with Crippen molar-refractivity contribution in [2.45, 2.75) is 31.0 Å². The van der Waals surface area contributed by atoms with Crippen LogP contribution < -0.4 is 10.8 Å². The van der Waals surface area contributed by atoms with Crippen molar-refractivity contribution in [1.29, 1.82) is 5.26 Å². The molecule has 1 saturated heterocycles. The van der Waals surface area contributed by atoms with E-state index in [1.54, 1.807) is 36.4 Å². The quantitative estimate of drug-likeness (QED) is 0.400. The smallest absolute Gasteiger partial charge is 0.376 e. The van der Waals surface area contributed by atoms with Crippen molar-refractivity contribution >= 4 is 13.3 Å². The Kier molecular flexibility index (Phi) is 7.29. The van der Waals surface area contributed by atoms with Gasteiger partial charge in [0, 0.05) is 5.41 Å². The van der Waals surface area contributed by atoms with Gasteiger partial charge in [-0.1, -0.05) is 23.7 Å². The molecule has 1 N–H and O–H groups in total. The number of halogens is 4. The van der Waals surface area contributed by atoms with Crippen LogP contribution in [0.3, 0.4) is 0 Å². The van der Waals surface area contributed by atoms with Gasteiger partial charge in [0.05, 0.1) is 30.4 Å². The second-order valence-electron chi connectivity index (χ2n) is 8.86. The minimum Gasteiger partial charge on any atom is -0.376 e. The average molecular weight is 478 g/mol. The van der Waals surface area contributed by atoms with Gasteiger partial charge in [-0.15, -0.1) is 0 Å². The molecule has 2 radical (unpaired) electrons. The van der Waals surface area contributed by atoms with E-state index in [0.717, 1.165) is 30.8 Å². The van der Waals surface area contributed by atoms with E-state index in [0.29, 0.717) is 40.6 Å². The molecule has 4 rings (SSSR count). The summed E-state index contributed by atoms with van der Waals surface area (Å²) in [5.74, 6) is -0.421. The maximum atomic E-state index is 13.6. The van der Waals surface area contributed by atoms with Gasteiger partial charge < -0.3 is 10.1 Å². The number of alkyl halides is 3. The van der Waals surface area contributed by atoms with Crippen molar-refractivity contribution < 1.29 is 22.3 Å². The molecule has 3 nitrogen and oxygen atoms in total. The Balaban J connectivity index is 1.59. The highest BCUT2D eigenvalue weighted by Gasteiger charge is 2.35. The zero-order chi connectivity index (χ0) is 25.1. The molecule has 0 atom stereocenters. The molecule has 1 fully saturated rings. The summed E-state index contributed by atoms with van der Waals surface area (Å²) in [5, 5.41) is 12.3. The van der Waals surface area contributed by atoms with Gasteiger partial charge in [-0.25, -0.2) is 4.39 Å². The first kappa shape index (κ1) is 25.0. The monoisotopic (exact) mass is 478 g/mol. The Morgan fingerprint density at radius 3 is 2.31 bits per heavy atom. The first-order valence-corrected chi connectivity index (χ1v) is 11.3. The Labute approximate surface area is 203 Å². The lowest BCUT2D eigenvalue weighted by atomic mass is 9.69. The van der Waals surface area contributed by atoms with Crippen molar-refractivity contribution in [2.24, 2.45) is 0 Å². The minimum absolute atomic E-state index is 0.0243. The van der Waals surface area contributed by atoms with Crippen LogP contribution >= 0.6 is 0 Å². The third kappa shape index (κ3) is 5.75. The summed E-state index contributed by atoms with van der Waals surface area (Å²) in [7, 11) is 6.13. The molecule has 0 aliphatic carbocycles. The predicted molar refractivity (Wildman–Crippen MR) is 127 cm³/mol. The van der Waals surface area contributed by atoms with Gasteiger partial charge in [0.1, 0.15) is 13.7 Å². The van der Waals surface area contributed by atoms with E-state index in [-0.39, 0.29) is 13.2 Å². The number of benzene rings is 3. The molecule has 0 amide bonds. The van der Waals surface area contributed by atoms with Gasteiger partial charge in [-0.05, 0) is 90.6 Å². The molecule has 1 aliphatic rings. The number of nitriles is 1. The molecule has 0 bridgehead atoms. The fraction of sp³-hybridized carbons (Fsp3) is 0.296. The van der Waals surface area contributed by atoms with Crippen molar-refractivity contribution in [3.05, 3.63) is 88.7 Å². The van der Waals surface area contributed by atoms with Crippen LogP contribution in [0.4, 0.5) is 17.6 Å². The van der Waals surface area contributed by atoms with Crippen LogP contribution in [-0.2, 0) is 22.9 Å². The maximum absolute atomic E-state index is 13.6. The molecule has 8 heteroatoms. The van der Waals surface area contributed by atoms with Crippen LogP contribution in [0.2, 0.25) is 0 Å². The van der Waals surface area contributed by atoms with E-state index in [2.05, 4.69) is 5.32 Å². The number of nitrogens with one attached hydrogen (secondary N) is 1. The largest absolute Gasteiger partial charge is 0.416 e. The lowest BCUT2D eigenvalue weighted by Gasteiger charge is -2.39. The molecule has 0 spiro atoms. The van der Waals surface area contributed by atoms with Crippen LogP contribution in [0.1, 0.15) is 35.1 Å². The molecule has 0 unspecified atom stereocenters. The zero-order valence-electron chi connectivity index (χ0n) is 19.0. The molecule has 0 aromatic heterocycles. The Hall–Kier alpha value is -3.15. The Morgan fingerprint density at radius 1 is 0.971 bits per heavy atom. The normalized spacial score (nSPS) is 15.5. The number of hydrogen-bond donors (Lipinski definition) is 1. The Bertz CT molecular complexity index is 1230. The van der Waals surface area contributed by atoms with Gasteiger partial charge >= 0.3 is 6.18 Å². The van der Waals surface area contributed by atoms with Crippen LogP contribution in [0, 0.1) is 17.1 Å². The molecule has 0 saturated carbocycles. The fourth-order valence-corrected chi connectivity index (χ4v) is 4.62. The summed E-state index contributed by atoms with van der Waals surface area (Å²) in [5.41, 5.74) is 1.69. The van der Waals surface area contributed by atoms with Crippen molar-refractivity contribution in [3.63, 3.8) is 0 Å². The topological polar surface area (TPSA) is 45.0 Å². The Morgan fingerprint density at radius 2 is 1.69 bits per heavy atom. The van der Waals surface area contributed by atoms with E-state index >= 15 is 0 Å². The van der Waals surface area contributed by atoms with Crippen LogP contribution in [0.25, 0.3) is 11.1 Å².